The maximum absolute atomic E-state index is 12.6. The number of fused-ring (bicyclic) bond motifs is 1. The number of piperazine rings is 1. The van der Waals surface area contributed by atoms with E-state index in [4.69, 9.17) is 0 Å². The molecule has 1 N–H and O–H groups in total. The van der Waals surface area contributed by atoms with Gasteiger partial charge in [0, 0.05) is 23.3 Å². The summed E-state index contributed by atoms with van der Waals surface area (Å²) < 4.78 is 0. The minimum atomic E-state index is -0.455. The van der Waals surface area contributed by atoms with Gasteiger partial charge in [0.05, 0.1) is 31.1 Å². The largest absolute Gasteiger partial charge is 0.328 e. The second-order valence-electron chi connectivity index (χ2n) is 7.20. The van der Waals surface area contributed by atoms with Gasteiger partial charge < -0.3 is 9.80 Å². The van der Waals surface area contributed by atoms with Gasteiger partial charge in [0.1, 0.15) is 6.54 Å². The molecule has 3 aromatic carbocycles. The summed E-state index contributed by atoms with van der Waals surface area (Å²) in [5.74, 6) is -0.0559. The molecule has 1 saturated heterocycles. The second kappa shape index (κ2) is 7.78. The Morgan fingerprint density at radius 2 is 1.64 bits per heavy atom. The van der Waals surface area contributed by atoms with Crippen molar-refractivity contribution in [1.82, 2.24) is 4.90 Å². The third-order valence-electron chi connectivity index (χ3n) is 5.35. The van der Waals surface area contributed by atoms with E-state index in [1.54, 1.807) is 0 Å². The Morgan fingerprint density at radius 1 is 0.964 bits per heavy atom. The fourth-order valence-electron chi connectivity index (χ4n) is 3.75. The van der Waals surface area contributed by atoms with Crippen LogP contribution in [-0.2, 0) is 6.54 Å². The fraction of sp³-hybridized carbons (Fsp3) is 0.227. The number of nitro benzene ring substituents is 1. The number of carbonyl (C=O) groups excluding carboxylic acids is 1. The number of non-ortho nitro benzene ring substituents is 1. The van der Waals surface area contributed by atoms with Gasteiger partial charge in [-0.05, 0) is 29.0 Å². The first-order chi connectivity index (χ1) is 13.6. The van der Waals surface area contributed by atoms with E-state index in [1.165, 1.54) is 45.5 Å². The summed E-state index contributed by atoms with van der Waals surface area (Å²) in [6.45, 7) is 4.12. The van der Waals surface area contributed by atoms with Crippen LogP contribution in [-0.4, -0.2) is 41.9 Å². The molecule has 142 valence electrons. The first-order valence-electron chi connectivity index (χ1n) is 9.45. The molecule has 0 radical (unpaired) electrons. The Hall–Kier alpha value is -3.25. The van der Waals surface area contributed by atoms with Crippen LogP contribution in [0.15, 0.2) is 66.7 Å². The lowest BCUT2D eigenvalue weighted by atomic mass is 10.1. The molecule has 3 aromatic rings. The summed E-state index contributed by atoms with van der Waals surface area (Å²) in [6.07, 6.45) is 0. The zero-order valence-electron chi connectivity index (χ0n) is 15.5. The van der Waals surface area contributed by atoms with Crippen LogP contribution >= 0.6 is 0 Å². The van der Waals surface area contributed by atoms with Crippen LogP contribution in [0.3, 0.4) is 0 Å². The number of hydrogen-bond acceptors (Lipinski definition) is 3. The number of hydrogen-bond donors (Lipinski definition) is 1. The first kappa shape index (κ1) is 18.1. The van der Waals surface area contributed by atoms with Crippen LogP contribution in [0.2, 0.25) is 0 Å². The highest BCUT2D eigenvalue weighted by Gasteiger charge is 2.25. The van der Waals surface area contributed by atoms with Gasteiger partial charge in [0.2, 0.25) is 0 Å². The number of carbonyl (C=O) groups is 1. The Bertz CT molecular complexity index is 1010. The summed E-state index contributed by atoms with van der Waals surface area (Å²) in [4.78, 5) is 26.2. The van der Waals surface area contributed by atoms with Crippen molar-refractivity contribution in [1.29, 1.82) is 0 Å². The van der Waals surface area contributed by atoms with E-state index in [9.17, 15) is 14.9 Å². The first-order valence-corrected chi connectivity index (χ1v) is 9.45. The molecule has 0 spiro atoms. The Balaban J connectivity index is 1.35. The van der Waals surface area contributed by atoms with Crippen LogP contribution in [0.25, 0.3) is 10.8 Å². The van der Waals surface area contributed by atoms with Crippen molar-refractivity contribution in [3.05, 3.63) is 88.0 Å². The standard InChI is InChI=1S/C22H21N3O3/c26-22(19-7-9-21(10-8-19)25(27)28)24-13-11-23(12-14-24)16-17-5-6-18-3-1-2-4-20(18)15-17/h1-10,15H,11-14,16H2/p+1. The molecule has 0 bridgehead atoms. The zero-order chi connectivity index (χ0) is 19.5. The summed E-state index contributed by atoms with van der Waals surface area (Å²) in [5, 5.41) is 13.3. The molecule has 28 heavy (non-hydrogen) atoms. The third kappa shape index (κ3) is 3.87. The quantitative estimate of drug-likeness (QED) is 0.561. The van der Waals surface area contributed by atoms with Gasteiger partial charge in [-0.1, -0.05) is 36.4 Å². The molecular weight excluding hydrogens is 354 g/mol. The van der Waals surface area contributed by atoms with Crippen LogP contribution in [0.4, 0.5) is 5.69 Å². The molecule has 6 heteroatoms. The van der Waals surface area contributed by atoms with Gasteiger partial charge in [-0.25, -0.2) is 0 Å². The molecular formula is C22H22N3O3+. The highest BCUT2D eigenvalue weighted by Crippen LogP contribution is 2.16. The van der Waals surface area contributed by atoms with Gasteiger partial charge in [-0.3, -0.25) is 14.9 Å². The number of nitrogens with one attached hydrogen (secondary N) is 1. The van der Waals surface area contributed by atoms with Gasteiger partial charge >= 0.3 is 0 Å². The maximum Gasteiger partial charge on any atom is 0.269 e. The average molecular weight is 376 g/mol. The van der Waals surface area contributed by atoms with Crippen LogP contribution in [0.5, 0.6) is 0 Å². The van der Waals surface area contributed by atoms with Crippen molar-refractivity contribution in [3.8, 4) is 0 Å². The average Bonchev–Trinajstić information content (AvgIpc) is 2.74. The summed E-state index contributed by atoms with van der Waals surface area (Å²) in [6, 6.07) is 20.8. The highest BCUT2D eigenvalue weighted by atomic mass is 16.6. The molecule has 1 amide bonds. The van der Waals surface area contributed by atoms with Gasteiger partial charge in [-0.2, -0.15) is 0 Å². The number of rotatable bonds is 4. The predicted octanol–water partition coefficient (Wildman–Crippen LogP) is 2.29. The molecule has 0 aromatic heterocycles. The minimum absolute atomic E-state index is 0.00111. The van der Waals surface area contributed by atoms with Crippen molar-refractivity contribution in [3.63, 3.8) is 0 Å². The lowest BCUT2D eigenvalue weighted by molar-refractivity contribution is -0.917. The van der Waals surface area contributed by atoms with Crippen molar-refractivity contribution in [2.75, 3.05) is 26.2 Å². The number of nitro groups is 1. The summed E-state index contributed by atoms with van der Waals surface area (Å²) in [7, 11) is 0. The van der Waals surface area contributed by atoms with E-state index in [1.807, 2.05) is 4.90 Å². The Labute approximate surface area is 163 Å². The van der Waals surface area contributed by atoms with Crippen molar-refractivity contribution >= 4 is 22.4 Å². The molecule has 4 rings (SSSR count). The summed E-state index contributed by atoms with van der Waals surface area (Å²) in [5.41, 5.74) is 1.81. The van der Waals surface area contributed by atoms with Gasteiger partial charge in [0.15, 0.2) is 0 Å². The Morgan fingerprint density at radius 3 is 2.32 bits per heavy atom. The topological polar surface area (TPSA) is 67.9 Å². The highest BCUT2D eigenvalue weighted by molar-refractivity contribution is 5.94. The molecule has 1 aliphatic heterocycles. The molecule has 0 unspecified atom stereocenters. The fourth-order valence-corrected chi connectivity index (χ4v) is 3.75. The lowest BCUT2D eigenvalue weighted by Crippen LogP contribution is -3.13. The number of benzene rings is 3. The second-order valence-corrected chi connectivity index (χ2v) is 7.20. The maximum atomic E-state index is 12.6. The summed E-state index contributed by atoms with van der Waals surface area (Å²) >= 11 is 0. The molecule has 0 aliphatic carbocycles. The normalized spacial score (nSPS) is 14.9. The van der Waals surface area contributed by atoms with E-state index >= 15 is 0 Å². The van der Waals surface area contributed by atoms with E-state index < -0.39 is 4.92 Å². The van der Waals surface area contributed by atoms with Crippen molar-refractivity contribution in [2.45, 2.75) is 6.54 Å². The third-order valence-corrected chi connectivity index (χ3v) is 5.35. The van der Waals surface area contributed by atoms with E-state index in [0.717, 1.165) is 19.6 Å². The number of nitrogens with zero attached hydrogens (tertiary/aromatic N) is 2. The van der Waals surface area contributed by atoms with Crippen LogP contribution in [0.1, 0.15) is 15.9 Å². The molecule has 1 heterocycles. The number of amides is 1. The van der Waals surface area contributed by atoms with E-state index in [2.05, 4.69) is 42.5 Å². The Kier molecular flexibility index (Phi) is 5.04. The lowest BCUT2D eigenvalue weighted by Gasteiger charge is -2.32. The van der Waals surface area contributed by atoms with E-state index in [0.29, 0.717) is 18.7 Å². The van der Waals surface area contributed by atoms with Crippen molar-refractivity contribution in [2.24, 2.45) is 0 Å². The molecule has 1 aliphatic rings. The predicted molar refractivity (Wildman–Crippen MR) is 107 cm³/mol. The minimum Gasteiger partial charge on any atom is -0.328 e. The zero-order valence-corrected chi connectivity index (χ0v) is 15.5. The molecule has 0 atom stereocenters. The number of quaternary nitrogens is 1. The SMILES string of the molecule is O=C(c1ccc([N+](=O)[O-])cc1)N1CC[NH+](Cc2ccc3ccccc3c2)CC1. The smallest absolute Gasteiger partial charge is 0.269 e. The molecule has 6 nitrogen and oxygen atoms in total. The van der Waals surface area contributed by atoms with Gasteiger partial charge in [-0.15, -0.1) is 0 Å². The van der Waals surface area contributed by atoms with E-state index in [-0.39, 0.29) is 11.6 Å². The van der Waals surface area contributed by atoms with Crippen LogP contribution < -0.4 is 4.90 Å². The molecule has 1 fully saturated rings. The molecule has 0 saturated carbocycles. The van der Waals surface area contributed by atoms with Crippen LogP contribution in [0, 0.1) is 10.1 Å². The van der Waals surface area contributed by atoms with Gasteiger partial charge in [0.25, 0.3) is 11.6 Å². The van der Waals surface area contributed by atoms with Crippen molar-refractivity contribution < 1.29 is 14.6 Å². The monoisotopic (exact) mass is 376 g/mol.